The van der Waals surface area contributed by atoms with E-state index in [1.807, 2.05) is 6.07 Å². The van der Waals surface area contributed by atoms with Crippen molar-refractivity contribution in [1.82, 2.24) is 14.9 Å². The Bertz CT molecular complexity index is 1210. The smallest absolute Gasteiger partial charge is 0.232 e. The highest BCUT2D eigenvalue weighted by atomic mass is 32.2. The molecule has 0 saturated heterocycles. The fourth-order valence-electron chi connectivity index (χ4n) is 3.96. The van der Waals surface area contributed by atoms with Crippen molar-refractivity contribution < 1.29 is 13.2 Å². The molecule has 2 aromatic carbocycles. The molecule has 7 nitrogen and oxygen atoms in total. The van der Waals surface area contributed by atoms with Crippen LogP contribution in [0.15, 0.2) is 48.8 Å². The van der Waals surface area contributed by atoms with E-state index in [2.05, 4.69) is 57.4 Å². The fraction of sp³-hybridized carbons (Fsp3) is 0.333. The van der Waals surface area contributed by atoms with Gasteiger partial charge in [0.25, 0.3) is 0 Å². The number of nitrogens with one attached hydrogen (secondary N) is 1. The highest BCUT2D eigenvalue weighted by Crippen LogP contribution is 2.31. The number of rotatable bonds is 7. The van der Waals surface area contributed by atoms with Crippen LogP contribution < -0.4 is 10.1 Å². The van der Waals surface area contributed by atoms with Crippen LogP contribution in [0.5, 0.6) is 5.88 Å². The number of benzene rings is 2. The number of methoxy groups -OCH3 is 1. The summed E-state index contributed by atoms with van der Waals surface area (Å²) in [6.45, 7) is 4.24. The zero-order valence-electron chi connectivity index (χ0n) is 18.6. The van der Waals surface area contributed by atoms with Crippen molar-refractivity contribution in [3.8, 4) is 17.1 Å². The van der Waals surface area contributed by atoms with Crippen LogP contribution >= 0.6 is 0 Å². The number of fused-ring (bicyclic) bond motifs is 1. The van der Waals surface area contributed by atoms with Crippen molar-refractivity contribution in [2.75, 3.05) is 37.5 Å². The Morgan fingerprint density at radius 3 is 2.72 bits per heavy atom. The van der Waals surface area contributed by atoms with Crippen molar-refractivity contribution in [3.63, 3.8) is 0 Å². The molecule has 0 atom stereocenters. The van der Waals surface area contributed by atoms with Crippen LogP contribution in [-0.2, 0) is 22.8 Å². The molecule has 2 heterocycles. The van der Waals surface area contributed by atoms with Crippen LogP contribution in [0.1, 0.15) is 16.7 Å². The molecule has 1 aromatic heterocycles. The first-order chi connectivity index (χ1) is 15.3. The van der Waals surface area contributed by atoms with Gasteiger partial charge in [-0.15, -0.1) is 0 Å². The molecule has 1 aliphatic heterocycles. The summed E-state index contributed by atoms with van der Waals surface area (Å²) < 4.78 is 28.1. The van der Waals surface area contributed by atoms with Gasteiger partial charge < -0.3 is 10.1 Å². The van der Waals surface area contributed by atoms with Crippen molar-refractivity contribution >= 4 is 21.2 Å². The monoisotopic (exact) mass is 452 g/mol. The molecule has 0 radical (unpaired) electrons. The van der Waals surface area contributed by atoms with Crippen molar-refractivity contribution in [2.45, 2.75) is 19.9 Å². The average molecular weight is 453 g/mol. The molecular weight excluding hydrogens is 424 g/mol. The van der Waals surface area contributed by atoms with Crippen molar-refractivity contribution in [3.05, 3.63) is 65.5 Å². The zero-order chi connectivity index (χ0) is 22.7. The second kappa shape index (κ2) is 9.26. The van der Waals surface area contributed by atoms with Gasteiger partial charge in [-0.2, -0.15) is 0 Å². The first-order valence-corrected chi connectivity index (χ1v) is 12.6. The van der Waals surface area contributed by atoms with E-state index in [0.717, 1.165) is 47.7 Å². The summed E-state index contributed by atoms with van der Waals surface area (Å²) in [6, 6.07) is 12.5. The Balaban J connectivity index is 1.54. The number of nitrogens with zero attached hydrogens (tertiary/aromatic N) is 3. The van der Waals surface area contributed by atoms with E-state index in [-0.39, 0.29) is 5.75 Å². The Morgan fingerprint density at radius 1 is 1.16 bits per heavy atom. The topological polar surface area (TPSA) is 84.4 Å². The maximum absolute atomic E-state index is 11.5. The molecule has 0 saturated carbocycles. The molecule has 3 aromatic rings. The van der Waals surface area contributed by atoms with Gasteiger partial charge in [0.05, 0.1) is 31.0 Å². The summed E-state index contributed by atoms with van der Waals surface area (Å²) in [4.78, 5) is 11.0. The number of hydrogen-bond acceptors (Lipinski definition) is 7. The summed E-state index contributed by atoms with van der Waals surface area (Å²) in [5, 5.41) is 3.58. The third-order valence-electron chi connectivity index (χ3n) is 5.75. The van der Waals surface area contributed by atoms with E-state index < -0.39 is 9.84 Å². The number of aryl methyl sites for hydroxylation is 1. The number of aromatic nitrogens is 2. The molecule has 0 spiro atoms. The SMILES string of the molecule is COc1cnc(-c2cc(Nc3cccc4c3CCN(CCS(C)(=O)=O)C4)ccc2C)cn1. The maximum atomic E-state index is 11.5. The highest BCUT2D eigenvalue weighted by Gasteiger charge is 2.20. The van der Waals surface area contributed by atoms with Gasteiger partial charge in [-0.05, 0) is 48.2 Å². The molecule has 0 unspecified atom stereocenters. The average Bonchev–Trinajstić information content (AvgIpc) is 2.78. The van der Waals surface area contributed by atoms with E-state index in [0.29, 0.717) is 12.4 Å². The quantitative estimate of drug-likeness (QED) is 0.586. The lowest BCUT2D eigenvalue weighted by molar-refractivity contribution is 0.269. The van der Waals surface area contributed by atoms with Crippen LogP contribution in [-0.4, -0.2) is 55.5 Å². The van der Waals surface area contributed by atoms with Crippen LogP contribution in [0.3, 0.4) is 0 Å². The molecule has 0 bridgehead atoms. The van der Waals surface area contributed by atoms with Crippen molar-refractivity contribution in [2.24, 2.45) is 0 Å². The summed E-state index contributed by atoms with van der Waals surface area (Å²) >= 11 is 0. The predicted molar refractivity (Wildman–Crippen MR) is 127 cm³/mol. The third-order valence-corrected chi connectivity index (χ3v) is 6.68. The van der Waals surface area contributed by atoms with E-state index in [1.165, 1.54) is 17.4 Å². The van der Waals surface area contributed by atoms with Crippen LogP contribution in [0, 0.1) is 6.92 Å². The van der Waals surface area contributed by atoms with Crippen LogP contribution in [0.2, 0.25) is 0 Å². The molecule has 0 aliphatic carbocycles. The van der Waals surface area contributed by atoms with E-state index in [9.17, 15) is 8.42 Å². The minimum atomic E-state index is -2.95. The molecule has 8 heteroatoms. The lowest BCUT2D eigenvalue weighted by Gasteiger charge is -2.30. The molecule has 0 fully saturated rings. The molecule has 1 N–H and O–H groups in total. The number of anilines is 2. The fourth-order valence-corrected chi connectivity index (χ4v) is 4.55. The Kier molecular flexibility index (Phi) is 6.43. The molecule has 0 amide bonds. The standard InChI is InChI=1S/C24H28N4O3S/c1-17-7-8-19(13-21(17)23-14-26-24(31-2)15-25-23)27-22-6-4-5-18-16-28(10-9-20(18)22)11-12-32(3,29)30/h4-8,13-15,27H,9-12,16H2,1-3H3. The molecule has 32 heavy (non-hydrogen) atoms. The van der Waals surface area contributed by atoms with Gasteiger partial charge in [0, 0.05) is 42.8 Å². The van der Waals surface area contributed by atoms with Gasteiger partial charge in [-0.1, -0.05) is 18.2 Å². The van der Waals surface area contributed by atoms with Gasteiger partial charge in [0.2, 0.25) is 5.88 Å². The number of hydrogen-bond donors (Lipinski definition) is 1. The van der Waals surface area contributed by atoms with Gasteiger partial charge in [-0.3, -0.25) is 4.90 Å². The largest absolute Gasteiger partial charge is 0.480 e. The molecule has 1 aliphatic rings. The normalized spacial score (nSPS) is 14.1. The highest BCUT2D eigenvalue weighted by molar-refractivity contribution is 7.90. The Labute approximate surface area is 189 Å². The number of ether oxygens (including phenoxy) is 1. The lowest BCUT2D eigenvalue weighted by Crippen LogP contribution is -2.34. The summed E-state index contributed by atoms with van der Waals surface area (Å²) in [6.07, 6.45) is 5.52. The summed E-state index contributed by atoms with van der Waals surface area (Å²) in [7, 11) is -1.38. The Hall–Kier alpha value is -2.97. The van der Waals surface area contributed by atoms with Gasteiger partial charge in [0.1, 0.15) is 9.84 Å². The molecule has 4 rings (SSSR count). The van der Waals surface area contributed by atoms with Gasteiger partial charge in [0.15, 0.2) is 0 Å². The van der Waals surface area contributed by atoms with Crippen LogP contribution in [0.4, 0.5) is 11.4 Å². The maximum Gasteiger partial charge on any atom is 0.232 e. The van der Waals surface area contributed by atoms with Gasteiger partial charge in [-0.25, -0.2) is 18.4 Å². The first kappa shape index (κ1) is 22.2. The van der Waals surface area contributed by atoms with Crippen LogP contribution in [0.25, 0.3) is 11.3 Å². The Morgan fingerprint density at radius 2 is 2.00 bits per heavy atom. The number of sulfone groups is 1. The molecule has 168 valence electrons. The van der Waals surface area contributed by atoms with E-state index in [4.69, 9.17) is 4.74 Å². The third kappa shape index (κ3) is 5.26. The van der Waals surface area contributed by atoms with Crippen molar-refractivity contribution in [1.29, 1.82) is 0 Å². The van der Waals surface area contributed by atoms with E-state index in [1.54, 1.807) is 19.5 Å². The summed E-state index contributed by atoms with van der Waals surface area (Å²) in [5.41, 5.74) is 7.52. The van der Waals surface area contributed by atoms with E-state index >= 15 is 0 Å². The summed E-state index contributed by atoms with van der Waals surface area (Å²) in [5.74, 6) is 0.683. The zero-order valence-corrected chi connectivity index (χ0v) is 19.4. The lowest BCUT2D eigenvalue weighted by atomic mass is 9.97. The van der Waals surface area contributed by atoms with Gasteiger partial charge >= 0.3 is 0 Å². The molecular formula is C24H28N4O3S. The predicted octanol–water partition coefficient (Wildman–Crippen LogP) is 3.61. The minimum Gasteiger partial charge on any atom is -0.480 e. The first-order valence-electron chi connectivity index (χ1n) is 10.6. The second-order valence-corrected chi connectivity index (χ2v) is 10.5. The second-order valence-electron chi connectivity index (χ2n) is 8.20. The minimum absolute atomic E-state index is 0.195.